The van der Waals surface area contributed by atoms with Crippen LogP contribution in [0.15, 0.2) is 23.2 Å². The molecule has 1 aliphatic rings. The summed E-state index contributed by atoms with van der Waals surface area (Å²) in [6, 6.07) is 5.65. The first-order valence-electron chi connectivity index (χ1n) is 8.83. The molecule has 0 spiro atoms. The average molecular weight is 368 g/mol. The summed E-state index contributed by atoms with van der Waals surface area (Å²) in [5.74, 6) is 1.64. The number of hydrogen-bond acceptors (Lipinski definition) is 6. The molecule has 1 N–H and O–H groups in total. The van der Waals surface area contributed by atoms with E-state index in [2.05, 4.69) is 16.7 Å². The Bertz CT molecular complexity index is 575. The molecule has 5 nitrogen and oxygen atoms in total. The maximum Gasteiger partial charge on any atom is 0.305 e. The molecule has 0 radical (unpaired) electrons. The Hall–Kier alpha value is -1.69. The number of carbonyl (C=O) groups is 1. The fraction of sp³-hybridized carbons (Fsp3) is 0.579. The molecular formula is C19H29NO4S. The van der Waals surface area contributed by atoms with E-state index in [0.717, 1.165) is 35.6 Å². The van der Waals surface area contributed by atoms with Crippen LogP contribution in [0.2, 0.25) is 0 Å². The molecule has 1 unspecified atom stereocenters. The van der Waals surface area contributed by atoms with E-state index < -0.39 is 0 Å². The summed E-state index contributed by atoms with van der Waals surface area (Å²) >= 11 is 1.67. The summed E-state index contributed by atoms with van der Waals surface area (Å²) in [7, 11) is 1.40. The van der Waals surface area contributed by atoms with Crippen molar-refractivity contribution in [2.45, 2.75) is 52.5 Å². The number of unbranched alkanes of at least 4 members (excludes halogenated alkanes) is 2. The number of esters is 1. The van der Waals surface area contributed by atoms with Gasteiger partial charge >= 0.3 is 5.97 Å². The fourth-order valence-electron chi connectivity index (χ4n) is 2.24. The second kappa shape index (κ2) is 11.8. The number of rotatable bonds is 8. The van der Waals surface area contributed by atoms with Gasteiger partial charge in [0.1, 0.15) is 16.5 Å². The summed E-state index contributed by atoms with van der Waals surface area (Å²) in [5.41, 5.74) is 0.768. The quantitative estimate of drug-likeness (QED) is 0.544. The maximum atomic E-state index is 11.0. The van der Waals surface area contributed by atoms with Crippen LogP contribution in [0.5, 0.6) is 11.5 Å². The molecule has 1 aliphatic heterocycles. The van der Waals surface area contributed by atoms with Crippen LogP contribution in [-0.2, 0) is 9.53 Å². The maximum absolute atomic E-state index is 11.0. The van der Waals surface area contributed by atoms with Crippen molar-refractivity contribution in [2.24, 2.45) is 4.99 Å². The van der Waals surface area contributed by atoms with Gasteiger partial charge in [0.25, 0.3) is 0 Å². The number of ether oxygens (including phenoxy) is 2. The molecule has 0 aromatic heterocycles. The molecule has 0 aliphatic carbocycles. The third kappa shape index (κ3) is 7.38. The van der Waals surface area contributed by atoms with Gasteiger partial charge in [0.15, 0.2) is 0 Å². The summed E-state index contributed by atoms with van der Waals surface area (Å²) < 4.78 is 10.2. The number of aliphatic imine (C=N–C) groups is 1. The highest BCUT2D eigenvalue weighted by Crippen LogP contribution is 2.31. The molecule has 2 rings (SSSR count). The summed E-state index contributed by atoms with van der Waals surface area (Å²) in [6.07, 6.45) is 3.02. The van der Waals surface area contributed by atoms with Gasteiger partial charge in [-0.1, -0.05) is 13.8 Å². The van der Waals surface area contributed by atoms with E-state index in [0.29, 0.717) is 24.8 Å². The van der Waals surface area contributed by atoms with Gasteiger partial charge in [-0.25, -0.2) is 0 Å². The smallest absolute Gasteiger partial charge is 0.305 e. The Morgan fingerprint density at radius 2 is 2.08 bits per heavy atom. The van der Waals surface area contributed by atoms with Crippen LogP contribution in [0.25, 0.3) is 0 Å². The minimum atomic E-state index is -0.173. The normalized spacial score (nSPS) is 15.8. The van der Waals surface area contributed by atoms with Gasteiger partial charge in [0, 0.05) is 23.8 Å². The third-order valence-corrected chi connectivity index (χ3v) is 4.77. The zero-order valence-electron chi connectivity index (χ0n) is 15.6. The van der Waals surface area contributed by atoms with Crippen molar-refractivity contribution in [3.63, 3.8) is 0 Å². The first kappa shape index (κ1) is 21.4. The highest BCUT2D eigenvalue weighted by Gasteiger charge is 2.18. The lowest BCUT2D eigenvalue weighted by molar-refractivity contribution is -0.140. The molecule has 140 valence electrons. The standard InChI is InChI=1S/C17H23NO4S.C2H6/c1-12-11-23-17(18-12)14-8-7-13(10-15(14)19)22-9-5-3-4-6-16(20)21-2;1-2/h7-8,10,12,19H,3-6,9,11H2,1-2H3;1-2H3. The van der Waals surface area contributed by atoms with E-state index in [1.54, 1.807) is 17.8 Å². The molecule has 1 atom stereocenters. The van der Waals surface area contributed by atoms with Gasteiger partial charge in [-0.05, 0) is 38.3 Å². The van der Waals surface area contributed by atoms with E-state index >= 15 is 0 Å². The Balaban J connectivity index is 0.00000151. The second-order valence-electron chi connectivity index (χ2n) is 5.51. The van der Waals surface area contributed by atoms with E-state index in [9.17, 15) is 9.90 Å². The lowest BCUT2D eigenvalue weighted by Crippen LogP contribution is -2.01. The average Bonchev–Trinajstić information content (AvgIpc) is 3.05. The van der Waals surface area contributed by atoms with E-state index in [1.165, 1.54) is 7.11 Å². The van der Waals surface area contributed by atoms with Crippen molar-refractivity contribution in [2.75, 3.05) is 19.5 Å². The first-order valence-corrected chi connectivity index (χ1v) is 9.82. The summed E-state index contributed by atoms with van der Waals surface area (Å²) in [5, 5.41) is 11.0. The van der Waals surface area contributed by atoms with Crippen molar-refractivity contribution in [3.8, 4) is 11.5 Å². The number of thioether (sulfide) groups is 1. The minimum Gasteiger partial charge on any atom is -0.507 e. The molecule has 0 amide bonds. The zero-order valence-corrected chi connectivity index (χ0v) is 16.4. The van der Waals surface area contributed by atoms with Crippen molar-refractivity contribution in [1.82, 2.24) is 0 Å². The number of nitrogens with zero attached hydrogens (tertiary/aromatic N) is 1. The van der Waals surface area contributed by atoms with Gasteiger partial charge < -0.3 is 14.6 Å². The fourth-order valence-corrected chi connectivity index (χ4v) is 3.30. The van der Waals surface area contributed by atoms with E-state index in [4.69, 9.17) is 4.74 Å². The van der Waals surface area contributed by atoms with Crippen molar-refractivity contribution in [1.29, 1.82) is 0 Å². The van der Waals surface area contributed by atoms with Crippen LogP contribution in [0.4, 0.5) is 0 Å². The van der Waals surface area contributed by atoms with E-state index in [-0.39, 0.29) is 11.7 Å². The number of phenolic OH excluding ortho intramolecular Hbond substituents is 1. The van der Waals surface area contributed by atoms with Crippen molar-refractivity contribution >= 4 is 22.8 Å². The monoisotopic (exact) mass is 367 g/mol. The molecule has 1 heterocycles. The first-order chi connectivity index (χ1) is 12.1. The number of benzene rings is 1. The van der Waals surface area contributed by atoms with E-state index in [1.807, 2.05) is 26.0 Å². The highest BCUT2D eigenvalue weighted by molar-refractivity contribution is 8.14. The number of phenols is 1. The Labute approximate surface area is 154 Å². The number of carbonyl (C=O) groups excluding carboxylic acids is 1. The van der Waals surface area contributed by atoms with Crippen LogP contribution in [0, 0.1) is 0 Å². The van der Waals surface area contributed by atoms with Gasteiger partial charge in [0.2, 0.25) is 0 Å². The Kier molecular flexibility index (Phi) is 10.1. The predicted octanol–water partition coefficient (Wildman–Crippen LogP) is 4.41. The number of hydrogen-bond donors (Lipinski definition) is 1. The Morgan fingerprint density at radius 3 is 2.68 bits per heavy atom. The molecule has 0 saturated carbocycles. The van der Waals surface area contributed by atoms with Gasteiger partial charge in [0.05, 0.1) is 19.8 Å². The minimum absolute atomic E-state index is 0.173. The molecule has 0 fully saturated rings. The SMILES string of the molecule is CC.COC(=O)CCCCCOc1ccc(C2=NC(C)CS2)c(O)c1. The van der Waals surface area contributed by atoms with Gasteiger partial charge in [-0.15, -0.1) is 11.8 Å². The van der Waals surface area contributed by atoms with Gasteiger partial charge in [-0.2, -0.15) is 0 Å². The topological polar surface area (TPSA) is 68.1 Å². The highest BCUT2D eigenvalue weighted by atomic mass is 32.2. The van der Waals surface area contributed by atoms with Crippen LogP contribution < -0.4 is 4.74 Å². The predicted molar refractivity (Wildman–Crippen MR) is 104 cm³/mol. The lowest BCUT2D eigenvalue weighted by atomic mass is 10.2. The number of methoxy groups -OCH3 is 1. The molecule has 1 aromatic carbocycles. The molecule has 0 saturated heterocycles. The third-order valence-electron chi connectivity index (χ3n) is 3.52. The van der Waals surface area contributed by atoms with Gasteiger partial charge in [-0.3, -0.25) is 9.79 Å². The molecule has 1 aromatic rings. The van der Waals surface area contributed by atoms with Crippen LogP contribution in [0.3, 0.4) is 0 Å². The van der Waals surface area contributed by atoms with Crippen LogP contribution in [0.1, 0.15) is 52.0 Å². The molecule has 25 heavy (non-hydrogen) atoms. The zero-order chi connectivity index (χ0) is 18.7. The summed E-state index contributed by atoms with van der Waals surface area (Å²) in [4.78, 5) is 15.5. The van der Waals surface area contributed by atoms with Crippen LogP contribution >= 0.6 is 11.8 Å². The molecule has 6 heteroatoms. The van der Waals surface area contributed by atoms with Crippen molar-refractivity contribution in [3.05, 3.63) is 23.8 Å². The Morgan fingerprint density at radius 1 is 1.32 bits per heavy atom. The summed E-state index contributed by atoms with van der Waals surface area (Å²) in [6.45, 7) is 6.63. The largest absolute Gasteiger partial charge is 0.507 e. The molecular weight excluding hydrogens is 338 g/mol. The van der Waals surface area contributed by atoms with Crippen LogP contribution in [-0.4, -0.2) is 41.6 Å². The van der Waals surface area contributed by atoms with Crippen molar-refractivity contribution < 1.29 is 19.4 Å². The lowest BCUT2D eigenvalue weighted by Gasteiger charge is -2.09. The number of aromatic hydroxyl groups is 1. The second-order valence-corrected chi connectivity index (χ2v) is 6.52. The molecule has 0 bridgehead atoms.